The van der Waals surface area contributed by atoms with Crippen molar-refractivity contribution in [3.63, 3.8) is 0 Å². The molecule has 0 aliphatic rings. The Morgan fingerprint density at radius 1 is 1.79 bits per heavy atom. The van der Waals surface area contributed by atoms with Crippen LogP contribution in [-0.2, 0) is 4.79 Å². The molecule has 1 rings (SSSR count). The molecule has 72 valence electrons. The second kappa shape index (κ2) is 4.18. The van der Waals surface area contributed by atoms with Crippen LogP contribution in [0.5, 0.6) is 0 Å². The number of nitrogens with one attached hydrogen (secondary N) is 1. The number of hydrogen-bond acceptors (Lipinski definition) is 5. The first-order valence-electron chi connectivity index (χ1n) is 3.86. The topological polar surface area (TPSA) is 98.9 Å². The van der Waals surface area contributed by atoms with Gasteiger partial charge in [-0.1, -0.05) is 0 Å². The molecule has 1 unspecified atom stereocenters. The van der Waals surface area contributed by atoms with E-state index in [1.165, 1.54) is 19.2 Å². The van der Waals surface area contributed by atoms with Gasteiger partial charge in [0, 0.05) is 6.20 Å². The number of hydrogen-bond donors (Lipinski definition) is 2. The summed E-state index contributed by atoms with van der Waals surface area (Å²) in [7, 11) is 0. The molecule has 1 heterocycles. The minimum absolute atomic E-state index is 0.138. The molecule has 14 heavy (non-hydrogen) atoms. The molecule has 0 bridgehead atoms. The first-order valence-corrected chi connectivity index (χ1v) is 3.86. The molecule has 1 atom stereocenters. The van der Waals surface area contributed by atoms with Crippen molar-refractivity contribution in [2.24, 2.45) is 0 Å². The van der Waals surface area contributed by atoms with Crippen LogP contribution in [-0.4, -0.2) is 27.1 Å². The van der Waals surface area contributed by atoms with Gasteiger partial charge >= 0.3 is 5.97 Å². The lowest BCUT2D eigenvalue weighted by atomic mass is 10.3. The van der Waals surface area contributed by atoms with Gasteiger partial charge in [0.25, 0.3) is 0 Å². The van der Waals surface area contributed by atoms with Gasteiger partial charge in [0.1, 0.15) is 17.8 Å². The molecule has 0 saturated heterocycles. The highest BCUT2D eigenvalue weighted by Crippen LogP contribution is 2.01. The second-order valence-electron chi connectivity index (χ2n) is 2.58. The lowest BCUT2D eigenvalue weighted by molar-refractivity contribution is -0.137. The van der Waals surface area contributed by atoms with Crippen LogP contribution in [0.1, 0.15) is 12.6 Å². The van der Waals surface area contributed by atoms with Crippen molar-refractivity contribution in [2.75, 3.05) is 5.32 Å². The third-order valence-electron chi connectivity index (χ3n) is 1.49. The zero-order valence-electron chi connectivity index (χ0n) is 7.43. The van der Waals surface area contributed by atoms with Gasteiger partial charge in [-0.2, -0.15) is 5.26 Å². The molecule has 0 aliphatic heterocycles. The summed E-state index contributed by atoms with van der Waals surface area (Å²) < 4.78 is 0. The zero-order valence-corrected chi connectivity index (χ0v) is 7.43. The average Bonchev–Trinajstić information content (AvgIpc) is 2.18. The van der Waals surface area contributed by atoms with Gasteiger partial charge in [-0.15, -0.1) is 0 Å². The highest BCUT2D eigenvalue weighted by atomic mass is 16.4. The smallest absolute Gasteiger partial charge is 0.325 e. The van der Waals surface area contributed by atoms with Gasteiger partial charge < -0.3 is 10.4 Å². The summed E-state index contributed by atoms with van der Waals surface area (Å²) in [5.74, 6) is -0.866. The Bertz CT molecular complexity index is 385. The third-order valence-corrected chi connectivity index (χ3v) is 1.49. The van der Waals surface area contributed by atoms with E-state index in [2.05, 4.69) is 15.3 Å². The van der Waals surface area contributed by atoms with E-state index in [9.17, 15) is 4.79 Å². The number of aromatic nitrogens is 2. The largest absolute Gasteiger partial charge is 0.480 e. The second-order valence-corrected chi connectivity index (χ2v) is 2.58. The van der Waals surface area contributed by atoms with Gasteiger partial charge in [-0.3, -0.25) is 4.79 Å². The minimum atomic E-state index is -1.00. The maximum Gasteiger partial charge on any atom is 0.325 e. The Morgan fingerprint density at radius 3 is 3.07 bits per heavy atom. The van der Waals surface area contributed by atoms with E-state index in [0.717, 1.165) is 0 Å². The number of rotatable bonds is 3. The fourth-order valence-corrected chi connectivity index (χ4v) is 0.746. The summed E-state index contributed by atoms with van der Waals surface area (Å²) in [4.78, 5) is 18.0. The van der Waals surface area contributed by atoms with Crippen LogP contribution < -0.4 is 5.32 Å². The first-order chi connectivity index (χ1) is 6.63. The van der Waals surface area contributed by atoms with Crippen molar-refractivity contribution in [3.05, 3.63) is 18.0 Å². The number of aliphatic carboxylic acids is 1. The summed E-state index contributed by atoms with van der Waals surface area (Å²) in [5, 5.41) is 19.7. The van der Waals surface area contributed by atoms with Gasteiger partial charge in [-0.05, 0) is 13.0 Å². The molecular weight excluding hydrogens is 184 g/mol. The van der Waals surface area contributed by atoms with E-state index >= 15 is 0 Å². The van der Waals surface area contributed by atoms with E-state index in [1.807, 2.05) is 6.07 Å². The van der Waals surface area contributed by atoms with E-state index in [-0.39, 0.29) is 11.6 Å². The maximum atomic E-state index is 10.5. The van der Waals surface area contributed by atoms with Crippen LogP contribution in [0.15, 0.2) is 12.3 Å². The zero-order chi connectivity index (χ0) is 10.6. The summed E-state index contributed by atoms with van der Waals surface area (Å²) in [6, 6.07) is 2.48. The lowest BCUT2D eigenvalue weighted by Crippen LogP contribution is -2.26. The molecule has 1 aromatic rings. The summed E-state index contributed by atoms with van der Waals surface area (Å²) >= 11 is 0. The number of carboxylic acids is 1. The fraction of sp³-hybridized carbons (Fsp3) is 0.250. The summed E-state index contributed by atoms with van der Waals surface area (Å²) in [6.07, 6.45) is 1.39. The number of nitrogens with zero attached hydrogens (tertiary/aromatic N) is 3. The van der Waals surface area contributed by atoms with Crippen molar-refractivity contribution in [2.45, 2.75) is 13.0 Å². The summed E-state index contributed by atoms with van der Waals surface area (Å²) in [5.41, 5.74) is 0.195. The molecule has 0 aromatic carbocycles. The van der Waals surface area contributed by atoms with Crippen LogP contribution in [0.4, 0.5) is 5.95 Å². The van der Waals surface area contributed by atoms with Crippen LogP contribution in [0.2, 0.25) is 0 Å². The predicted octanol–water partition coefficient (Wildman–Crippen LogP) is 0.233. The van der Waals surface area contributed by atoms with E-state index in [1.54, 1.807) is 0 Å². The van der Waals surface area contributed by atoms with E-state index < -0.39 is 12.0 Å². The van der Waals surface area contributed by atoms with Gasteiger partial charge in [0.15, 0.2) is 0 Å². The summed E-state index contributed by atoms with van der Waals surface area (Å²) in [6.45, 7) is 1.46. The Labute approximate surface area is 80.2 Å². The van der Waals surface area contributed by atoms with Crippen LogP contribution in [0.25, 0.3) is 0 Å². The molecule has 0 fully saturated rings. The minimum Gasteiger partial charge on any atom is -0.480 e. The van der Waals surface area contributed by atoms with Crippen LogP contribution in [0.3, 0.4) is 0 Å². The van der Waals surface area contributed by atoms with Crippen molar-refractivity contribution < 1.29 is 9.90 Å². The number of carboxylic acid groups (broad SMARTS) is 1. The molecule has 6 nitrogen and oxygen atoms in total. The number of nitriles is 1. The standard InChI is InChI=1S/C8H8N4O2/c1-5(7(13)14)11-8-10-3-2-6(4-9)12-8/h2-3,5H,1H3,(H,13,14)(H,10,11,12). The molecule has 0 saturated carbocycles. The number of anilines is 1. The Kier molecular flexibility index (Phi) is 2.97. The molecule has 1 aromatic heterocycles. The molecule has 0 aliphatic carbocycles. The molecule has 6 heteroatoms. The van der Waals surface area contributed by atoms with Crippen molar-refractivity contribution in [1.29, 1.82) is 5.26 Å². The SMILES string of the molecule is CC(Nc1nccc(C#N)n1)C(=O)O. The van der Waals surface area contributed by atoms with E-state index in [0.29, 0.717) is 0 Å². The molecule has 2 N–H and O–H groups in total. The Morgan fingerprint density at radius 2 is 2.50 bits per heavy atom. The predicted molar refractivity (Wildman–Crippen MR) is 47.5 cm³/mol. The van der Waals surface area contributed by atoms with Crippen LogP contribution >= 0.6 is 0 Å². The molecule has 0 radical (unpaired) electrons. The average molecular weight is 192 g/mol. The quantitative estimate of drug-likeness (QED) is 0.711. The fourth-order valence-electron chi connectivity index (χ4n) is 0.746. The van der Waals surface area contributed by atoms with Crippen molar-refractivity contribution in [3.8, 4) is 6.07 Å². The highest BCUT2D eigenvalue weighted by Gasteiger charge is 2.11. The van der Waals surface area contributed by atoms with Crippen molar-refractivity contribution >= 4 is 11.9 Å². The van der Waals surface area contributed by atoms with Gasteiger partial charge in [-0.25, -0.2) is 9.97 Å². The van der Waals surface area contributed by atoms with Gasteiger partial charge in [0.2, 0.25) is 5.95 Å². The molecular formula is C8H8N4O2. The van der Waals surface area contributed by atoms with Crippen molar-refractivity contribution in [1.82, 2.24) is 9.97 Å². The van der Waals surface area contributed by atoms with Crippen LogP contribution in [0, 0.1) is 11.3 Å². The van der Waals surface area contributed by atoms with E-state index in [4.69, 9.17) is 10.4 Å². The first kappa shape index (κ1) is 9.92. The maximum absolute atomic E-state index is 10.5. The Balaban J connectivity index is 2.78. The normalized spacial score (nSPS) is 11.4. The third kappa shape index (κ3) is 2.42. The lowest BCUT2D eigenvalue weighted by Gasteiger charge is -2.07. The molecule has 0 amide bonds. The number of carbonyl (C=O) groups is 1. The Hall–Kier alpha value is -2.16. The van der Waals surface area contributed by atoms with Gasteiger partial charge in [0.05, 0.1) is 0 Å². The monoisotopic (exact) mass is 192 g/mol. The highest BCUT2D eigenvalue weighted by molar-refractivity contribution is 5.75. The molecule has 0 spiro atoms.